The summed E-state index contributed by atoms with van der Waals surface area (Å²) in [7, 11) is 0. The summed E-state index contributed by atoms with van der Waals surface area (Å²) in [5, 5.41) is 3.74. The van der Waals surface area contributed by atoms with E-state index in [-0.39, 0.29) is 0 Å². The number of hydrogen-bond donors (Lipinski definition) is 1. The highest BCUT2D eigenvalue weighted by Gasteiger charge is 2.38. The van der Waals surface area contributed by atoms with E-state index in [1.54, 1.807) is 0 Å². The molecule has 0 radical (unpaired) electrons. The van der Waals surface area contributed by atoms with E-state index in [0.29, 0.717) is 0 Å². The van der Waals surface area contributed by atoms with Crippen molar-refractivity contribution in [1.82, 2.24) is 5.32 Å². The van der Waals surface area contributed by atoms with Gasteiger partial charge < -0.3 is 5.32 Å². The van der Waals surface area contributed by atoms with Gasteiger partial charge in [0.25, 0.3) is 0 Å². The molecule has 1 heteroatoms. The van der Waals surface area contributed by atoms with Crippen molar-refractivity contribution in [2.75, 3.05) is 6.54 Å². The molecule has 1 aliphatic heterocycles. The summed E-state index contributed by atoms with van der Waals surface area (Å²) in [6, 6.07) is 0.882. The first kappa shape index (κ1) is 10.5. The Labute approximate surface area is 88.7 Å². The van der Waals surface area contributed by atoms with Gasteiger partial charge in [0.15, 0.2) is 0 Å². The van der Waals surface area contributed by atoms with E-state index >= 15 is 0 Å². The Balaban J connectivity index is 1.87. The quantitative estimate of drug-likeness (QED) is 0.729. The van der Waals surface area contributed by atoms with Gasteiger partial charge in [-0.15, -0.1) is 0 Å². The third-order valence-electron chi connectivity index (χ3n) is 4.34. The Kier molecular flexibility index (Phi) is 3.48. The van der Waals surface area contributed by atoms with Crippen LogP contribution in [0.3, 0.4) is 0 Å². The Morgan fingerprint density at radius 1 is 1.29 bits per heavy atom. The molecular formula is C13H25N. The molecule has 1 N–H and O–H groups in total. The lowest BCUT2D eigenvalue weighted by atomic mass is 9.74. The molecule has 1 saturated heterocycles. The molecule has 1 heterocycles. The van der Waals surface area contributed by atoms with Crippen LogP contribution in [-0.4, -0.2) is 12.6 Å². The Morgan fingerprint density at radius 3 is 2.93 bits per heavy atom. The molecule has 82 valence electrons. The van der Waals surface area contributed by atoms with Crippen LogP contribution in [0.2, 0.25) is 0 Å². The molecule has 2 aliphatic rings. The molecule has 2 fully saturated rings. The van der Waals surface area contributed by atoms with Crippen LogP contribution in [0.1, 0.15) is 52.4 Å². The predicted octanol–water partition coefficient (Wildman–Crippen LogP) is 3.20. The van der Waals surface area contributed by atoms with E-state index < -0.39 is 0 Å². The predicted molar refractivity (Wildman–Crippen MR) is 61.3 cm³/mol. The summed E-state index contributed by atoms with van der Waals surface area (Å²) in [6.07, 6.45) is 8.65. The van der Waals surface area contributed by atoms with E-state index in [2.05, 4.69) is 19.2 Å². The van der Waals surface area contributed by atoms with Gasteiger partial charge in [-0.3, -0.25) is 0 Å². The van der Waals surface area contributed by atoms with Crippen molar-refractivity contribution >= 4 is 0 Å². The molecule has 0 aromatic rings. The van der Waals surface area contributed by atoms with Gasteiger partial charge in [0.05, 0.1) is 0 Å². The minimum atomic E-state index is 0.882. The molecule has 1 saturated carbocycles. The molecule has 0 amide bonds. The second-order valence-corrected chi connectivity index (χ2v) is 5.50. The fourth-order valence-electron chi connectivity index (χ4n) is 3.44. The second kappa shape index (κ2) is 4.65. The van der Waals surface area contributed by atoms with Crippen LogP contribution in [0, 0.1) is 17.8 Å². The largest absolute Gasteiger partial charge is 0.313 e. The van der Waals surface area contributed by atoms with Gasteiger partial charge in [0.1, 0.15) is 0 Å². The SMILES string of the molecule is CCCCC1CNC2CCC(C)CC12. The number of fused-ring (bicyclic) bond motifs is 1. The first-order valence-corrected chi connectivity index (χ1v) is 6.54. The van der Waals surface area contributed by atoms with Crippen molar-refractivity contribution in [1.29, 1.82) is 0 Å². The van der Waals surface area contributed by atoms with E-state index in [9.17, 15) is 0 Å². The Morgan fingerprint density at radius 2 is 2.14 bits per heavy atom. The average Bonchev–Trinajstić information content (AvgIpc) is 2.57. The van der Waals surface area contributed by atoms with Gasteiger partial charge in [0, 0.05) is 6.04 Å². The van der Waals surface area contributed by atoms with E-state index in [0.717, 1.165) is 23.8 Å². The van der Waals surface area contributed by atoms with Crippen molar-refractivity contribution < 1.29 is 0 Å². The summed E-state index contributed by atoms with van der Waals surface area (Å²) in [4.78, 5) is 0. The molecule has 4 atom stereocenters. The molecule has 0 spiro atoms. The molecule has 0 aromatic heterocycles. The third-order valence-corrected chi connectivity index (χ3v) is 4.34. The summed E-state index contributed by atoms with van der Waals surface area (Å²) < 4.78 is 0. The first-order chi connectivity index (χ1) is 6.81. The average molecular weight is 195 g/mol. The summed E-state index contributed by atoms with van der Waals surface area (Å²) in [5.74, 6) is 3.01. The van der Waals surface area contributed by atoms with Crippen molar-refractivity contribution in [3.63, 3.8) is 0 Å². The lowest BCUT2D eigenvalue weighted by Crippen LogP contribution is -2.32. The molecule has 1 aliphatic carbocycles. The van der Waals surface area contributed by atoms with E-state index in [1.807, 2.05) is 0 Å². The molecule has 0 aromatic carbocycles. The van der Waals surface area contributed by atoms with Gasteiger partial charge in [-0.25, -0.2) is 0 Å². The van der Waals surface area contributed by atoms with Crippen LogP contribution < -0.4 is 5.32 Å². The zero-order valence-electron chi connectivity index (χ0n) is 9.76. The molecule has 2 rings (SSSR count). The minimum absolute atomic E-state index is 0.882. The van der Waals surface area contributed by atoms with Gasteiger partial charge >= 0.3 is 0 Å². The Bertz CT molecular complexity index is 178. The van der Waals surface area contributed by atoms with Crippen LogP contribution in [0.5, 0.6) is 0 Å². The number of unbranched alkanes of at least 4 members (excludes halogenated alkanes) is 1. The van der Waals surface area contributed by atoms with E-state index in [4.69, 9.17) is 0 Å². The van der Waals surface area contributed by atoms with Crippen LogP contribution in [0.25, 0.3) is 0 Å². The molecule has 14 heavy (non-hydrogen) atoms. The van der Waals surface area contributed by atoms with Crippen molar-refractivity contribution in [3.8, 4) is 0 Å². The fourth-order valence-corrected chi connectivity index (χ4v) is 3.44. The molecule has 0 bridgehead atoms. The maximum Gasteiger partial charge on any atom is 0.00987 e. The number of hydrogen-bond acceptors (Lipinski definition) is 1. The maximum atomic E-state index is 3.74. The van der Waals surface area contributed by atoms with Crippen LogP contribution in [-0.2, 0) is 0 Å². The van der Waals surface area contributed by atoms with Crippen molar-refractivity contribution in [2.45, 2.75) is 58.4 Å². The molecular weight excluding hydrogens is 170 g/mol. The lowest BCUT2D eigenvalue weighted by molar-refractivity contribution is 0.213. The van der Waals surface area contributed by atoms with Gasteiger partial charge in [-0.1, -0.05) is 26.7 Å². The summed E-state index contributed by atoms with van der Waals surface area (Å²) in [6.45, 7) is 6.05. The highest BCUT2D eigenvalue weighted by Crippen LogP contribution is 2.39. The van der Waals surface area contributed by atoms with Crippen molar-refractivity contribution in [2.24, 2.45) is 17.8 Å². The number of rotatable bonds is 3. The lowest BCUT2D eigenvalue weighted by Gasteiger charge is -2.32. The van der Waals surface area contributed by atoms with Gasteiger partial charge in [0.2, 0.25) is 0 Å². The maximum absolute atomic E-state index is 3.74. The minimum Gasteiger partial charge on any atom is -0.313 e. The second-order valence-electron chi connectivity index (χ2n) is 5.50. The number of nitrogens with one attached hydrogen (secondary N) is 1. The van der Waals surface area contributed by atoms with Crippen LogP contribution >= 0.6 is 0 Å². The molecule has 4 unspecified atom stereocenters. The van der Waals surface area contributed by atoms with Gasteiger partial charge in [-0.05, 0) is 50.0 Å². The van der Waals surface area contributed by atoms with E-state index in [1.165, 1.54) is 45.1 Å². The standard InChI is InChI=1S/C13H25N/c1-3-4-5-11-9-14-13-7-6-10(2)8-12(11)13/h10-14H,3-9H2,1-2H3. The van der Waals surface area contributed by atoms with Crippen LogP contribution in [0.4, 0.5) is 0 Å². The zero-order valence-corrected chi connectivity index (χ0v) is 9.76. The van der Waals surface area contributed by atoms with Crippen molar-refractivity contribution in [3.05, 3.63) is 0 Å². The normalized spacial score (nSPS) is 42.4. The molecule has 1 nitrogen and oxygen atoms in total. The third kappa shape index (κ3) is 2.13. The summed E-state index contributed by atoms with van der Waals surface area (Å²) in [5.41, 5.74) is 0. The zero-order chi connectivity index (χ0) is 9.97. The first-order valence-electron chi connectivity index (χ1n) is 6.54. The summed E-state index contributed by atoms with van der Waals surface area (Å²) >= 11 is 0. The van der Waals surface area contributed by atoms with Crippen LogP contribution in [0.15, 0.2) is 0 Å². The highest BCUT2D eigenvalue weighted by atomic mass is 15.0. The monoisotopic (exact) mass is 195 g/mol. The van der Waals surface area contributed by atoms with Gasteiger partial charge in [-0.2, -0.15) is 0 Å². The Hall–Kier alpha value is -0.0400. The smallest absolute Gasteiger partial charge is 0.00987 e. The topological polar surface area (TPSA) is 12.0 Å². The highest BCUT2D eigenvalue weighted by molar-refractivity contribution is 4.93. The fraction of sp³-hybridized carbons (Fsp3) is 1.00.